The molecule has 0 spiro atoms. The molecule has 0 aliphatic carbocycles. The number of ether oxygens (including phenoxy) is 1. The molecule has 116 valence electrons. The largest absolute Gasteiger partial charge is 0.353 e. The van der Waals surface area contributed by atoms with E-state index in [2.05, 4.69) is 86.4 Å². The van der Waals surface area contributed by atoms with Crippen LogP contribution in [0.15, 0.2) is 66.7 Å². The minimum atomic E-state index is -0.254. The lowest BCUT2D eigenvalue weighted by Gasteiger charge is -2.08. The molecule has 0 N–H and O–H groups in total. The second-order valence-corrected chi connectivity index (χ2v) is 6.15. The molecule has 0 aromatic heterocycles. The number of hydrogen-bond acceptors (Lipinski definition) is 1. The van der Waals surface area contributed by atoms with Crippen molar-refractivity contribution in [2.24, 2.45) is 0 Å². The molecule has 1 nitrogen and oxygen atoms in total. The fraction of sp³-hybridized carbons (Fsp3) is 0.273. The number of epoxide rings is 1. The highest BCUT2D eigenvalue weighted by molar-refractivity contribution is 5.49. The lowest BCUT2D eigenvalue weighted by molar-refractivity contribution is 0.355. The maximum atomic E-state index is 5.57. The molecule has 3 atom stereocenters. The maximum absolute atomic E-state index is 5.57. The van der Waals surface area contributed by atoms with Crippen LogP contribution in [0.1, 0.15) is 37.3 Å². The van der Waals surface area contributed by atoms with E-state index in [1.807, 2.05) is 12.1 Å². The van der Waals surface area contributed by atoms with E-state index in [1.54, 1.807) is 0 Å². The summed E-state index contributed by atoms with van der Waals surface area (Å²) in [6.07, 6.45) is 5.51. The van der Waals surface area contributed by atoms with Gasteiger partial charge in [-0.15, -0.1) is 0 Å². The standard InChI is InChI=1S/C22H22O/c1-18-22(2,23-18)17-16-21(20-13-7-4-8-14-20)15-9-12-19-10-5-3-6-11-19/h3-14,18,21H,15H2,1-2H3/b12-9+. The lowest BCUT2D eigenvalue weighted by Crippen LogP contribution is -2.04. The Balaban J connectivity index is 1.75. The van der Waals surface area contributed by atoms with Crippen LogP contribution in [0.2, 0.25) is 0 Å². The second kappa shape index (κ2) is 6.86. The fourth-order valence-electron chi connectivity index (χ4n) is 2.56. The van der Waals surface area contributed by atoms with Gasteiger partial charge < -0.3 is 4.74 Å². The van der Waals surface area contributed by atoms with Crippen molar-refractivity contribution in [2.45, 2.75) is 37.9 Å². The summed E-state index contributed by atoms with van der Waals surface area (Å²) in [5.74, 6) is 6.95. The van der Waals surface area contributed by atoms with Gasteiger partial charge in [-0.1, -0.05) is 84.7 Å². The molecule has 1 aliphatic rings. The van der Waals surface area contributed by atoms with Crippen molar-refractivity contribution < 1.29 is 4.74 Å². The van der Waals surface area contributed by atoms with Gasteiger partial charge in [0, 0.05) is 5.92 Å². The third-order valence-electron chi connectivity index (χ3n) is 4.32. The van der Waals surface area contributed by atoms with Gasteiger partial charge in [-0.05, 0) is 31.4 Å². The summed E-state index contributed by atoms with van der Waals surface area (Å²) in [5.41, 5.74) is 2.23. The highest BCUT2D eigenvalue weighted by Crippen LogP contribution is 2.35. The zero-order valence-corrected chi connectivity index (χ0v) is 13.7. The van der Waals surface area contributed by atoms with Gasteiger partial charge in [0.2, 0.25) is 0 Å². The third kappa shape index (κ3) is 4.12. The van der Waals surface area contributed by atoms with Crippen LogP contribution in [0.4, 0.5) is 0 Å². The highest BCUT2D eigenvalue weighted by Gasteiger charge is 2.47. The van der Waals surface area contributed by atoms with Crippen LogP contribution in [-0.4, -0.2) is 11.7 Å². The molecule has 3 rings (SSSR count). The Hall–Kier alpha value is -2.30. The second-order valence-electron chi connectivity index (χ2n) is 6.15. The van der Waals surface area contributed by atoms with Crippen molar-refractivity contribution >= 4 is 6.08 Å². The molecule has 3 unspecified atom stereocenters. The van der Waals surface area contributed by atoms with E-state index < -0.39 is 0 Å². The highest BCUT2D eigenvalue weighted by atomic mass is 16.6. The number of rotatable bonds is 4. The SMILES string of the molecule is CC1OC1(C)C#CC(C/C=C/c1ccccc1)c1ccccc1. The molecule has 1 heterocycles. The van der Waals surface area contributed by atoms with E-state index in [1.165, 1.54) is 11.1 Å². The van der Waals surface area contributed by atoms with Crippen molar-refractivity contribution in [3.8, 4) is 11.8 Å². The predicted octanol–water partition coefficient (Wildman–Crippen LogP) is 5.05. The topological polar surface area (TPSA) is 12.5 Å². The molecule has 1 heteroatoms. The van der Waals surface area contributed by atoms with Crippen molar-refractivity contribution in [2.75, 3.05) is 0 Å². The van der Waals surface area contributed by atoms with Gasteiger partial charge in [0.15, 0.2) is 5.60 Å². The quantitative estimate of drug-likeness (QED) is 0.568. The first kappa shape index (κ1) is 15.6. The Kier molecular flexibility index (Phi) is 4.65. The van der Waals surface area contributed by atoms with Crippen molar-refractivity contribution in [3.63, 3.8) is 0 Å². The summed E-state index contributed by atoms with van der Waals surface area (Å²) in [7, 11) is 0. The minimum Gasteiger partial charge on any atom is -0.353 e. The summed E-state index contributed by atoms with van der Waals surface area (Å²) in [6, 6.07) is 20.9. The molecule has 1 saturated heterocycles. The first-order chi connectivity index (χ1) is 11.2. The molecule has 0 bridgehead atoms. The van der Waals surface area contributed by atoms with Gasteiger partial charge in [-0.3, -0.25) is 0 Å². The molecule has 1 fully saturated rings. The smallest absolute Gasteiger partial charge is 0.152 e. The number of allylic oxidation sites excluding steroid dienone is 1. The number of benzene rings is 2. The molecule has 2 aromatic carbocycles. The van der Waals surface area contributed by atoms with E-state index in [-0.39, 0.29) is 17.6 Å². The average molecular weight is 302 g/mol. The predicted molar refractivity (Wildman–Crippen MR) is 96.0 cm³/mol. The van der Waals surface area contributed by atoms with Crippen molar-refractivity contribution in [3.05, 3.63) is 77.9 Å². The molecule has 23 heavy (non-hydrogen) atoms. The minimum absolute atomic E-state index is 0.199. The molecule has 0 radical (unpaired) electrons. The van der Waals surface area contributed by atoms with Crippen LogP contribution in [-0.2, 0) is 4.74 Å². The summed E-state index contributed by atoms with van der Waals surface area (Å²) < 4.78 is 5.57. The summed E-state index contributed by atoms with van der Waals surface area (Å²) in [5, 5.41) is 0. The lowest BCUT2D eigenvalue weighted by atomic mass is 9.94. The van der Waals surface area contributed by atoms with Crippen LogP contribution in [0.5, 0.6) is 0 Å². The number of hydrogen-bond donors (Lipinski definition) is 0. The monoisotopic (exact) mass is 302 g/mol. The van der Waals surface area contributed by atoms with Gasteiger partial charge >= 0.3 is 0 Å². The van der Waals surface area contributed by atoms with Gasteiger partial charge in [0.25, 0.3) is 0 Å². The van der Waals surface area contributed by atoms with E-state index >= 15 is 0 Å². The molecule has 1 aliphatic heterocycles. The Labute approximate surface area is 139 Å². The summed E-state index contributed by atoms with van der Waals surface area (Å²) in [6.45, 7) is 4.13. The first-order valence-electron chi connectivity index (χ1n) is 8.14. The zero-order chi connectivity index (χ0) is 16.1. The Morgan fingerprint density at radius 2 is 1.70 bits per heavy atom. The van der Waals surface area contributed by atoms with E-state index in [4.69, 9.17) is 4.74 Å². The van der Waals surface area contributed by atoms with E-state index in [9.17, 15) is 0 Å². The normalized spacial score (nSPS) is 24.0. The molecular formula is C22H22O. The average Bonchev–Trinajstić information content (AvgIpc) is 3.19. The molecular weight excluding hydrogens is 280 g/mol. The third-order valence-corrected chi connectivity index (χ3v) is 4.32. The van der Waals surface area contributed by atoms with Gasteiger partial charge in [-0.25, -0.2) is 0 Å². The Bertz CT molecular complexity index is 721. The van der Waals surface area contributed by atoms with Gasteiger partial charge in [0.1, 0.15) is 0 Å². The molecule has 2 aromatic rings. The summed E-state index contributed by atoms with van der Waals surface area (Å²) >= 11 is 0. The fourth-order valence-corrected chi connectivity index (χ4v) is 2.56. The van der Waals surface area contributed by atoms with E-state index in [0.29, 0.717) is 0 Å². The Morgan fingerprint density at radius 1 is 1.09 bits per heavy atom. The van der Waals surface area contributed by atoms with Crippen LogP contribution in [0.3, 0.4) is 0 Å². The molecule has 0 saturated carbocycles. The van der Waals surface area contributed by atoms with E-state index in [0.717, 1.165) is 6.42 Å². The summed E-state index contributed by atoms with van der Waals surface area (Å²) in [4.78, 5) is 0. The first-order valence-corrected chi connectivity index (χ1v) is 8.14. The van der Waals surface area contributed by atoms with Crippen LogP contribution < -0.4 is 0 Å². The van der Waals surface area contributed by atoms with Crippen molar-refractivity contribution in [1.82, 2.24) is 0 Å². The van der Waals surface area contributed by atoms with Crippen LogP contribution >= 0.6 is 0 Å². The maximum Gasteiger partial charge on any atom is 0.152 e. The van der Waals surface area contributed by atoms with Crippen LogP contribution in [0, 0.1) is 11.8 Å². The zero-order valence-electron chi connectivity index (χ0n) is 13.7. The molecule has 0 amide bonds. The van der Waals surface area contributed by atoms with Crippen molar-refractivity contribution in [1.29, 1.82) is 0 Å². The van der Waals surface area contributed by atoms with Gasteiger partial charge in [0.05, 0.1) is 6.10 Å². The Morgan fingerprint density at radius 3 is 2.30 bits per heavy atom. The van der Waals surface area contributed by atoms with Gasteiger partial charge in [-0.2, -0.15) is 0 Å². The van der Waals surface area contributed by atoms with Crippen LogP contribution in [0.25, 0.3) is 6.08 Å².